The number of amides is 2. The lowest BCUT2D eigenvalue weighted by Crippen LogP contribution is -2.19. The van der Waals surface area contributed by atoms with Crippen molar-refractivity contribution in [2.75, 3.05) is 10.6 Å². The Balaban J connectivity index is 1.70. The second-order valence-electron chi connectivity index (χ2n) is 5.91. The molecule has 0 atom stereocenters. The number of thiophene rings is 1. The van der Waals surface area contributed by atoms with E-state index in [1.165, 1.54) is 17.5 Å². The molecule has 0 radical (unpaired) electrons. The molecular formula is C21H16N4O2S. The second kappa shape index (κ2) is 7.89. The zero-order valence-electron chi connectivity index (χ0n) is 14.7. The summed E-state index contributed by atoms with van der Waals surface area (Å²) in [6.45, 7) is 0. The van der Waals surface area contributed by atoms with Gasteiger partial charge >= 0.3 is 0 Å². The van der Waals surface area contributed by atoms with Crippen LogP contribution in [0.3, 0.4) is 0 Å². The Bertz CT molecular complexity index is 1090. The van der Waals surface area contributed by atoms with Gasteiger partial charge in [-0.2, -0.15) is 5.10 Å². The summed E-state index contributed by atoms with van der Waals surface area (Å²) >= 11 is 1.33. The molecule has 0 bridgehead atoms. The molecular weight excluding hydrogens is 372 g/mol. The van der Waals surface area contributed by atoms with E-state index in [1.807, 2.05) is 53.9 Å². The van der Waals surface area contributed by atoms with Crippen molar-refractivity contribution in [1.82, 2.24) is 9.78 Å². The lowest BCUT2D eigenvalue weighted by Gasteiger charge is -2.11. The molecule has 0 saturated heterocycles. The summed E-state index contributed by atoms with van der Waals surface area (Å²) in [5.41, 5.74) is 1.68. The molecule has 0 unspecified atom stereocenters. The Morgan fingerprint density at radius 1 is 0.821 bits per heavy atom. The highest BCUT2D eigenvalue weighted by molar-refractivity contribution is 7.12. The first kappa shape index (κ1) is 17.7. The number of rotatable bonds is 5. The normalized spacial score (nSPS) is 10.4. The van der Waals surface area contributed by atoms with Gasteiger partial charge in [-0.1, -0.05) is 42.5 Å². The van der Waals surface area contributed by atoms with Crippen molar-refractivity contribution in [2.45, 2.75) is 0 Å². The second-order valence-corrected chi connectivity index (χ2v) is 6.85. The minimum absolute atomic E-state index is 0.276. The first-order valence-electron chi connectivity index (χ1n) is 8.57. The summed E-state index contributed by atoms with van der Waals surface area (Å²) in [6.07, 6.45) is 1.45. The summed E-state index contributed by atoms with van der Waals surface area (Å²) < 4.78 is 1.55. The molecule has 6 nitrogen and oxygen atoms in total. The predicted molar refractivity (Wildman–Crippen MR) is 110 cm³/mol. The van der Waals surface area contributed by atoms with E-state index in [1.54, 1.807) is 28.9 Å². The van der Waals surface area contributed by atoms with E-state index in [9.17, 15) is 9.59 Å². The smallest absolute Gasteiger partial charge is 0.266 e. The van der Waals surface area contributed by atoms with Crippen LogP contribution in [0.15, 0.2) is 84.4 Å². The summed E-state index contributed by atoms with van der Waals surface area (Å²) in [6, 6.07) is 22.0. The van der Waals surface area contributed by atoms with Crippen LogP contribution in [-0.2, 0) is 0 Å². The highest BCUT2D eigenvalue weighted by Gasteiger charge is 2.21. The number of hydrogen-bond acceptors (Lipinski definition) is 4. The largest absolute Gasteiger partial charge is 0.322 e. The van der Waals surface area contributed by atoms with Gasteiger partial charge in [-0.25, -0.2) is 4.68 Å². The molecule has 138 valence electrons. The van der Waals surface area contributed by atoms with E-state index in [4.69, 9.17) is 0 Å². The van der Waals surface area contributed by atoms with E-state index in [2.05, 4.69) is 15.7 Å². The molecule has 0 spiro atoms. The standard InChI is InChI=1S/C21H16N4O2S/c26-20(23-15-8-3-1-4-9-15)17-14-22-25(16-10-5-2-6-11-16)19(17)24-21(27)18-12-7-13-28-18/h1-14H,(H,23,26)(H,24,27). The van der Waals surface area contributed by atoms with Gasteiger partial charge in [0.05, 0.1) is 16.8 Å². The van der Waals surface area contributed by atoms with Crippen molar-refractivity contribution in [3.63, 3.8) is 0 Å². The molecule has 0 aliphatic carbocycles. The lowest BCUT2D eigenvalue weighted by atomic mass is 10.2. The van der Waals surface area contributed by atoms with Crippen LogP contribution in [0, 0.1) is 0 Å². The third kappa shape index (κ3) is 3.70. The minimum atomic E-state index is -0.352. The zero-order valence-corrected chi connectivity index (χ0v) is 15.5. The highest BCUT2D eigenvalue weighted by atomic mass is 32.1. The number of nitrogens with zero attached hydrogens (tertiary/aromatic N) is 2. The molecule has 0 aliphatic heterocycles. The van der Waals surface area contributed by atoms with Crippen LogP contribution in [-0.4, -0.2) is 21.6 Å². The summed E-state index contributed by atoms with van der Waals surface area (Å²) in [5, 5.41) is 11.8. The Labute approximate surface area is 165 Å². The predicted octanol–water partition coefficient (Wildman–Crippen LogP) is 4.44. The molecule has 2 amide bonds. The maximum atomic E-state index is 12.8. The molecule has 2 heterocycles. The quantitative estimate of drug-likeness (QED) is 0.531. The third-order valence-electron chi connectivity index (χ3n) is 4.02. The van der Waals surface area contributed by atoms with Crippen LogP contribution in [0.25, 0.3) is 5.69 Å². The van der Waals surface area contributed by atoms with Gasteiger partial charge in [0, 0.05) is 5.69 Å². The van der Waals surface area contributed by atoms with E-state index in [-0.39, 0.29) is 17.4 Å². The third-order valence-corrected chi connectivity index (χ3v) is 4.89. The molecule has 7 heteroatoms. The van der Waals surface area contributed by atoms with E-state index >= 15 is 0 Å². The molecule has 0 aliphatic rings. The van der Waals surface area contributed by atoms with E-state index in [0.29, 0.717) is 16.4 Å². The van der Waals surface area contributed by atoms with Crippen molar-refractivity contribution < 1.29 is 9.59 Å². The average Bonchev–Trinajstić information content (AvgIpc) is 3.40. The molecule has 0 fully saturated rings. The monoisotopic (exact) mass is 388 g/mol. The van der Waals surface area contributed by atoms with Gasteiger partial charge in [-0.3, -0.25) is 9.59 Å². The first-order chi connectivity index (χ1) is 13.7. The molecule has 2 N–H and O–H groups in total. The van der Waals surface area contributed by atoms with Crippen LogP contribution in [0.5, 0.6) is 0 Å². The fourth-order valence-electron chi connectivity index (χ4n) is 2.70. The Hall–Kier alpha value is -3.71. The van der Waals surface area contributed by atoms with E-state index in [0.717, 1.165) is 5.69 Å². The summed E-state index contributed by atoms with van der Waals surface area (Å²) in [7, 11) is 0. The lowest BCUT2D eigenvalue weighted by molar-refractivity contribution is 0.102. The van der Waals surface area contributed by atoms with Gasteiger partial charge in [0.2, 0.25) is 0 Å². The van der Waals surface area contributed by atoms with Gasteiger partial charge < -0.3 is 10.6 Å². The van der Waals surface area contributed by atoms with E-state index < -0.39 is 0 Å². The van der Waals surface area contributed by atoms with Gasteiger partial charge in [0.15, 0.2) is 0 Å². The van der Waals surface area contributed by atoms with Crippen molar-refractivity contribution in [2.24, 2.45) is 0 Å². The van der Waals surface area contributed by atoms with Crippen molar-refractivity contribution in [3.05, 3.63) is 94.8 Å². The number of anilines is 2. The molecule has 2 aromatic heterocycles. The van der Waals surface area contributed by atoms with Crippen molar-refractivity contribution in [3.8, 4) is 5.69 Å². The van der Waals surface area contributed by atoms with Gasteiger partial charge in [0.25, 0.3) is 11.8 Å². The van der Waals surface area contributed by atoms with Gasteiger partial charge in [0.1, 0.15) is 11.4 Å². The molecule has 2 aromatic carbocycles. The first-order valence-corrected chi connectivity index (χ1v) is 9.45. The molecule has 28 heavy (non-hydrogen) atoms. The van der Waals surface area contributed by atoms with Crippen LogP contribution >= 0.6 is 11.3 Å². The number of carbonyl (C=O) groups excluding carboxylic acids is 2. The summed E-state index contributed by atoms with van der Waals surface area (Å²) in [5.74, 6) is -0.325. The number of carbonyl (C=O) groups is 2. The van der Waals surface area contributed by atoms with Crippen LogP contribution < -0.4 is 10.6 Å². The topological polar surface area (TPSA) is 76.0 Å². The maximum Gasteiger partial charge on any atom is 0.266 e. The molecule has 0 saturated carbocycles. The number of hydrogen-bond donors (Lipinski definition) is 2. The van der Waals surface area contributed by atoms with Crippen molar-refractivity contribution >= 4 is 34.7 Å². The fourth-order valence-corrected chi connectivity index (χ4v) is 3.32. The average molecular weight is 388 g/mol. The zero-order chi connectivity index (χ0) is 19.3. The summed E-state index contributed by atoms with van der Waals surface area (Å²) in [4.78, 5) is 26.0. The Morgan fingerprint density at radius 3 is 2.21 bits per heavy atom. The Morgan fingerprint density at radius 2 is 1.54 bits per heavy atom. The van der Waals surface area contributed by atoms with Crippen LogP contribution in [0.1, 0.15) is 20.0 Å². The van der Waals surface area contributed by atoms with Crippen molar-refractivity contribution in [1.29, 1.82) is 0 Å². The number of benzene rings is 2. The highest BCUT2D eigenvalue weighted by Crippen LogP contribution is 2.23. The number of nitrogens with one attached hydrogen (secondary N) is 2. The molecule has 4 aromatic rings. The van der Waals surface area contributed by atoms with Crippen LogP contribution in [0.2, 0.25) is 0 Å². The van der Waals surface area contributed by atoms with Crippen LogP contribution in [0.4, 0.5) is 11.5 Å². The fraction of sp³-hybridized carbons (Fsp3) is 0. The van der Waals surface area contributed by atoms with Gasteiger partial charge in [-0.15, -0.1) is 11.3 Å². The molecule has 4 rings (SSSR count). The van der Waals surface area contributed by atoms with Gasteiger partial charge in [-0.05, 0) is 35.7 Å². The number of aromatic nitrogens is 2. The minimum Gasteiger partial charge on any atom is -0.322 e. The maximum absolute atomic E-state index is 12.8. The number of para-hydroxylation sites is 2. The SMILES string of the molecule is O=C(Nc1c(C(=O)Nc2ccccc2)cnn1-c1ccccc1)c1cccs1. The Kier molecular flexibility index (Phi) is 4.99.